The summed E-state index contributed by atoms with van der Waals surface area (Å²) in [5, 5.41) is 8.57. The monoisotopic (exact) mass is 640 g/mol. The minimum atomic E-state index is -1.17. The zero-order valence-electron chi connectivity index (χ0n) is 26.9. The van der Waals surface area contributed by atoms with Crippen LogP contribution in [0.25, 0.3) is 0 Å². The first-order chi connectivity index (χ1) is 22.7. The van der Waals surface area contributed by atoms with Gasteiger partial charge in [-0.3, -0.25) is 14.4 Å². The highest BCUT2D eigenvalue weighted by molar-refractivity contribution is 6.07. The van der Waals surface area contributed by atoms with Crippen LogP contribution >= 0.6 is 0 Å². The smallest absolute Gasteiger partial charge is 0.255 e. The summed E-state index contributed by atoms with van der Waals surface area (Å²) >= 11 is 0. The molecule has 11 heteroatoms. The first-order valence-corrected chi connectivity index (χ1v) is 15.0. The molecule has 5 N–H and O–H groups in total. The van der Waals surface area contributed by atoms with Gasteiger partial charge in [0, 0.05) is 30.8 Å². The number of amides is 3. The number of ether oxygens (including phenoxy) is 4. The summed E-state index contributed by atoms with van der Waals surface area (Å²) < 4.78 is 21.4. The molecule has 0 unspecified atom stereocenters. The third-order valence-electron chi connectivity index (χ3n) is 7.49. The molecule has 11 nitrogen and oxygen atoms in total. The molecule has 0 heterocycles. The van der Waals surface area contributed by atoms with E-state index >= 15 is 0 Å². The van der Waals surface area contributed by atoms with E-state index in [2.05, 4.69) is 16.0 Å². The van der Waals surface area contributed by atoms with Crippen LogP contribution in [0, 0.1) is 0 Å². The Balaban J connectivity index is 1.49. The first-order valence-electron chi connectivity index (χ1n) is 15.0. The Morgan fingerprint density at radius 2 is 1.09 bits per heavy atom. The van der Waals surface area contributed by atoms with E-state index in [4.69, 9.17) is 24.7 Å². The molecule has 0 spiro atoms. The molecule has 0 aliphatic rings. The molecule has 4 rings (SSSR count). The fourth-order valence-corrected chi connectivity index (χ4v) is 4.94. The van der Waals surface area contributed by atoms with Gasteiger partial charge >= 0.3 is 0 Å². The number of nitrogen functional groups attached to an aromatic ring is 1. The van der Waals surface area contributed by atoms with Crippen LogP contribution in [-0.4, -0.2) is 59.3 Å². The second-order valence-corrected chi connectivity index (χ2v) is 10.6. The van der Waals surface area contributed by atoms with Crippen molar-refractivity contribution in [3.8, 4) is 23.0 Å². The van der Waals surface area contributed by atoms with E-state index in [-0.39, 0.29) is 19.0 Å². The maximum Gasteiger partial charge on any atom is 0.255 e. The zero-order chi connectivity index (χ0) is 33.8. The number of rotatable bonds is 15. The van der Waals surface area contributed by atoms with Crippen molar-refractivity contribution in [3.63, 3.8) is 0 Å². The number of hydrogen-bond donors (Lipinski definition) is 4. The van der Waals surface area contributed by atoms with Crippen LogP contribution in [0.1, 0.15) is 33.0 Å². The van der Waals surface area contributed by atoms with E-state index in [0.717, 1.165) is 11.1 Å². The van der Waals surface area contributed by atoms with Gasteiger partial charge in [-0.05, 0) is 78.1 Å². The Morgan fingerprint density at radius 3 is 1.51 bits per heavy atom. The average molecular weight is 641 g/mol. The topological polar surface area (TPSA) is 150 Å². The predicted molar refractivity (Wildman–Crippen MR) is 181 cm³/mol. The number of methoxy groups -OCH3 is 4. The Kier molecular flexibility index (Phi) is 12.0. The molecule has 0 radical (unpaired) electrons. The van der Waals surface area contributed by atoms with Crippen LogP contribution in [0.15, 0.2) is 84.9 Å². The van der Waals surface area contributed by atoms with Crippen molar-refractivity contribution in [1.29, 1.82) is 0 Å². The Labute approximate surface area is 274 Å². The van der Waals surface area contributed by atoms with Gasteiger partial charge in [0.1, 0.15) is 28.9 Å². The van der Waals surface area contributed by atoms with Crippen molar-refractivity contribution in [3.05, 3.63) is 107 Å². The fourth-order valence-electron chi connectivity index (χ4n) is 4.94. The predicted octanol–water partition coefficient (Wildman–Crippen LogP) is 4.36. The van der Waals surface area contributed by atoms with Gasteiger partial charge in [-0.25, -0.2) is 0 Å². The number of carbonyl (C=O) groups is 3. The Hall–Kier alpha value is -5.71. The molecule has 0 atom stereocenters. The third kappa shape index (κ3) is 9.40. The van der Waals surface area contributed by atoms with E-state index in [1.807, 2.05) is 24.3 Å². The first kappa shape index (κ1) is 34.2. The summed E-state index contributed by atoms with van der Waals surface area (Å²) in [6.45, 7) is 0.531. The van der Waals surface area contributed by atoms with E-state index in [0.29, 0.717) is 58.3 Å². The van der Waals surface area contributed by atoms with Crippen LogP contribution in [0.4, 0.5) is 11.4 Å². The lowest BCUT2D eigenvalue weighted by molar-refractivity contribution is -0.131. The average Bonchev–Trinajstić information content (AvgIpc) is 3.09. The second-order valence-electron chi connectivity index (χ2n) is 10.6. The van der Waals surface area contributed by atoms with Crippen molar-refractivity contribution in [2.75, 3.05) is 52.6 Å². The fraction of sp³-hybridized carbons (Fsp3) is 0.250. The van der Waals surface area contributed by atoms with Crippen molar-refractivity contribution in [2.24, 2.45) is 0 Å². The van der Waals surface area contributed by atoms with Crippen LogP contribution in [-0.2, 0) is 22.4 Å². The lowest BCUT2D eigenvalue weighted by atomic mass is 9.95. The highest BCUT2D eigenvalue weighted by Crippen LogP contribution is 2.25. The van der Waals surface area contributed by atoms with Crippen LogP contribution in [0.2, 0.25) is 0 Å². The van der Waals surface area contributed by atoms with Crippen molar-refractivity contribution in [1.82, 2.24) is 10.6 Å². The molecule has 0 saturated carbocycles. The lowest BCUT2D eigenvalue weighted by Crippen LogP contribution is -2.41. The summed E-state index contributed by atoms with van der Waals surface area (Å²) in [6, 6.07) is 24.3. The van der Waals surface area contributed by atoms with Gasteiger partial charge in [0.05, 0.1) is 39.8 Å². The molecular formula is C36H40N4O7. The molecule has 0 aliphatic carbocycles. The van der Waals surface area contributed by atoms with Crippen LogP contribution in [0.5, 0.6) is 23.0 Å². The van der Waals surface area contributed by atoms with Crippen molar-refractivity contribution < 1.29 is 33.3 Å². The molecule has 4 aromatic carbocycles. The zero-order valence-corrected chi connectivity index (χ0v) is 26.9. The molecule has 47 heavy (non-hydrogen) atoms. The number of benzene rings is 4. The van der Waals surface area contributed by atoms with Gasteiger partial charge in [0.2, 0.25) is 11.8 Å². The lowest BCUT2D eigenvalue weighted by Gasteiger charge is -2.18. The quantitative estimate of drug-likeness (QED) is 0.111. The number of carbonyl (C=O) groups excluding carboxylic acids is 3. The van der Waals surface area contributed by atoms with E-state index in [9.17, 15) is 14.4 Å². The number of hydrogen-bond acceptors (Lipinski definition) is 8. The van der Waals surface area contributed by atoms with E-state index in [1.54, 1.807) is 89.1 Å². The molecule has 0 aromatic heterocycles. The molecule has 246 valence electrons. The van der Waals surface area contributed by atoms with Gasteiger partial charge in [-0.15, -0.1) is 0 Å². The maximum atomic E-state index is 13.6. The number of nitrogens with one attached hydrogen (secondary N) is 3. The highest BCUT2D eigenvalue weighted by atomic mass is 16.5. The molecule has 3 amide bonds. The minimum Gasteiger partial charge on any atom is -0.497 e. The third-order valence-corrected chi connectivity index (χ3v) is 7.49. The van der Waals surface area contributed by atoms with Gasteiger partial charge in [-0.1, -0.05) is 24.3 Å². The van der Waals surface area contributed by atoms with Crippen LogP contribution < -0.4 is 40.6 Å². The van der Waals surface area contributed by atoms with Crippen molar-refractivity contribution in [2.45, 2.75) is 18.8 Å². The molecule has 4 aromatic rings. The second kappa shape index (κ2) is 16.6. The molecule has 0 bridgehead atoms. The minimum absolute atomic E-state index is 0.265. The molecule has 0 fully saturated rings. The van der Waals surface area contributed by atoms with Gasteiger partial charge in [-0.2, -0.15) is 0 Å². The summed E-state index contributed by atoms with van der Waals surface area (Å²) in [7, 11) is 6.28. The van der Waals surface area contributed by atoms with Crippen molar-refractivity contribution >= 4 is 29.1 Å². The normalized spacial score (nSPS) is 10.6. The molecular weight excluding hydrogens is 600 g/mol. The SMILES string of the molecule is COc1cc(CCNC(=O)C(C(=O)NCCc2cc(OC)cc(OC)c2)c2ccc(C(=O)Nc3ccccc3N)cc2)cc(OC)c1. The van der Waals surface area contributed by atoms with Crippen LogP contribution in [0.3, 0.4) is 0 Å². The Bertz CT molecular complexity index is 1570. The van der Waals surface area contributed by atoms with Gasteiger partial charge < -0.3 is 40.6 Å². The largest absolute Gasteiger partial charge is 0.497 e. The summed E-state index contributed by atoms with van der Waals surface area (Å²) in [4.78, 5) is 40.0. The maximum absolute atomic E-state index is 13.6. The molecule has 0 aliphatic heterocycles. The van der Waals surface area contributed by atoms with Gasteiger partial charge in [0.25, 0.3) is 5.91 Å². The highest BCUT2D eigenvalue weighted by Gasteiger charge is 2.28. The number of nitrogens with two attached hydrogens (primary N) is 1. The summed E-state index contributed by atoms with van der Waals surface area (Å²) in [5.41, 5.74) is 9.45. The summed E-state index contributed by atoms with van der Waals surface area (Å²) in [5.74, 6) is 0.0425. The Morgan fingerprint density at radius 1 is 0.638 bits per heavy atom. The van der Waals surface area contributed by atoms with E-state index in [1.165, 1.54) is 0 Å². The number of anilines is 2. The van der Waals surface area contributed by atoms with Gasteiger partial charge in [0.15, 0.2) is 0 Å². The molecule has 0 saturated heterocycles. The number of para-hydroxylation sites is 2. The summed E-state index contributed by atoms with van der Waals surface area (Å²) in [6.07, 6.45) is 0.958. The van der Waals surface area contributed by atoms with E-state index < -0.39 is 17.7 Å². The standard InChI is InChI=1S/C36H40N4O7/c1-44-27-17-23(18-28(21-27)45-2)13-15-38-35(42)33(36(43)39-16-14-24-19-29(46-3)22-30(20-24)47-4)25-9-11-26(12-10-25)34(41)40-32-8-6-5-7-31(32)37/h5-12,17-22,33H,13-16,37H2,1-4H3,(H,38,42)(H,39,43)(H,40,41).